The number of urea groups is 1. The van der Waals surface area contributed by atoms with Crippen molar-refractivity contribution in [2.45, 2.75) is 6.54 Å². The van der Waals surface area contributed by atoms with Crippen LogP contribution in [0, 0.1) is 0 Å². The van der Waals surface area contributed by atoms with Crippen molar-refractivity contribution in [3.63, 3.8) is 0 Å². The highest BCUT2D eigenvalue weighted by molar-refractivity contribution is 7.09. The molecule has 1 aromatic heterocycles. The van der Waals surface area contributed by atoms with Crippen molar-refractivity contribution in [1.82, 2.24) is 20.9 Å². The van der Waals surface area contributed by atoms with Crippen LogP contribution in [0.2, 0.25) is 0 Å². The van der Waals surface area contributed by atoms with Gasteiger partial charge in [0.1, 0.15) is 0 Å². The van der Waals surface area contributed by atoms with E-state index in [1.165, 1.54) is 0 Å². The van der Waals surface area contributed by atoms with Crippen LogP contribution in [-0.2, 0) is 11.3 Å². The van der Waals surface area contributed by atoms with E-state index in [1.807, 2.05) is 22.4 Å². The third-order valence-electron chi connectivity index (χ3n) is 2.83. The number of piperazine rings is 1. The van der Waals surface area contributed by atoms with Crippen LogP contribution < -0.4 is 16.0 Å². The highest BCUT2D eigenvalue weighted by atomic mass is 35.5. The average molecular weight is 355 g/mol. The maximum atomic E-state index is 11.7. The lowest BCUT2D eigenvalue weighted by atomic mass is 10.3. The summed E-state index contributed by atoms with van der Waals surface area (Å²) in [7, 11) is 0. The Kier molecular flexibility index (Phi) is 10.4. The lowest BCUT2D eigenvalue weighted by molar-refractivity contribution is -0.121. The second-order valence-corrected chi connectivity index (χ2v) is 5.37. The summed E-state index contributed by atoms with van der Waals surface area (Å²) in [6.07, 6.45) is 0. The summed E-state index contributed by atoms with van der Waals surface area (Å²) < 4.78 is 0. The number of thiophene rings is 1. The fraction of sp³-hybridized carbons (Fsp3) is 0.500. The van der Waals surface area contributed by atoms with Gasteiger partial charge in [0.2, 0.25) is 5.91 Å². The Morgan fingerprint density at radius 1 is 1.29 bits per heavy atom. The summed E-state index contributed by atoms with van der Waals surface area (Å²) >= 11 is 1.57. The van der Waals surface area contributed by atoms with E-state index in [9.17, 15) is 9.59 Å². The molecule has 6 nitrogen and oxygen atoms in total. The number of carbonyl (C=O) groups is 2. The molecule has 2 rings (SSSR count). The Morgan fingerprint density at radius 3 is 2.62 bits per heavy atom. The first-order valence-electron chi connectivity index (χ1n) is 6.27. The van der Waals surface area contributed by atoms with Gasteiger partial charge in [0, 0.05) is 31.1 Å². The normalized spacial score (nSPS) is 14.5. The molecule has 0 aromatic carbocycles. The zero-order valence-corrected chi connectivity index (χ0v) is 13.9. The maximum Gasteiger partial charge on any atom is 0.321 e. The number of hydrogen-bond acceptors (Lipinski definition) is 5. The Bertz CT molecular complexity index is 425. The monoisotopic (exact) mass is 354 g/mol. The van der Waals surface area contributed by atoms with Crippen LogP contribution in [0.4, 0.5) is 4.79 Å². The average Bonchev–Trinajstić information content (AvgIpc) is 2.90. The van der Waals surface area contributed by atoms with Gasteiger partial charge in [-0.3, -0.25) is 15.0 Å². The molecule has 9 heteroatoms. The molecule has 0 radical (unpaired) electrons. The summed E-state index contributed by atoms with van der Waals surface area (Å²) in [5.41, 5.74) is 0. The molecule has 1 aromatic rings. The van der Waals surface area contributed by atoms with Crippen molar-refractivity contribution in [3.8, 4) is 0 Å². The van der Waals surface area contributed by atoms with Crippen LogP contribution in [0.25, 0.3) is 0 Å². The number of imide groups is 1. The number of amides is 3. The van der Waals surface area contributed by atoms with Crippen LogP contribution in [0.15, 0.2) is 17.5 Å². The zero-order valence-electron chi connectivity index (χ0n) is 11.5. The number of carbonyl (C=O) groups excluding carboxylic acids is 2. The molecule has 3 amide bonds. The molecule has 21 heavy (non-hydrogen) atoms. The highest BCUT2D eigenvalue weighted by Crippen LogP contribution is 2.06. The van der Waals surface area contributed by atoms with Crippen molar-refractivity contribution < 1.29 is 9.59 Å². The molecule has 1 fully saturated rings. The summed E-state index contributed by atoms with van der Waals surface area (Å²) in [4.78, 5) is 26.3. The van der Waals surface area contributed by atoms with E-state index in [2.05, 4.69) is 16.0 Å². The first-order valence-corrected chi connectivity index (χ1v) is 7.15. The van der Waals surface area contributed by atoms with Gasteiger partial charge in [-0.05, 0) is 11.4 Å². The number of nitrogens with one attached hydrogen (secondary N) is 3. The molecule has 0 unspecified atom stereocenters. The van der Waals surface area contributed by atoms with Gasteiger partial charge in [0.05, 0.1) is 13.1 Å². The third-order valence-corrected chi connectivity index (χ3v) is 3.71. The SMILES string of the molecule is Cl.Cl.O=C(CN1CCNCC1)NC(=O)NCc1cccs1. The highest BCUT2D eigenvalue weighted by Gasteiger charge is 2.15. The molecular weight excluding hydrogens is 335 g/mol. The zero-order chi connectivity index (χ0) is 13.5. The number of nitrogens with zero attached hydrogens (tertiary/aromatic N) is 1. The van der Waals surface area contributed by atoms with E-state index in [0.717, 1.165) is 31.1 Å². The molecular formula is C12H20Cl2N4O2S. The predicted octanol–water partition coefficient (Wildman–Crippen LogP) is 0.823. The molecule has 1 saturated heterocycles. The molecule has 2 heterocycles. The Labute approximate surface area is 140 Å². The van der Waals surface area contributed by atoms with Gasteiger partial charge < -0.3 is 10.6 Å². The minimum Gasteiger partial charge on any atom is -0.333 e. The molecule has 0 spiro atoms. The van der Waals surface area contributed by atoms with E-state index in [0.29, 0.717) is 6.54 Å². The molecule has 1 aliphatic rings. The van der Waals surface area contributed by atoms with Crippen molar-refractivity contribution in [3.05, 3.63) is 22.4 Å². The van der Waals surface area contributed by atoms with E-state index in [4.69, 9.17) is 0 Å². The number of rotatable bonds is 4. The first kappa shape index (κ1) is 20.1. The summed E-state index contributed by atoms with van der Waals surface area (Å²) in [5, 5.41) is 10.2. The topological polar surface area (TPSA) is 73.5 Å². The largest absolute Gasteiger partial charge is 0.333 e. The number of halogens is 2. The van der Waals surface area contributed by atoms with Gasteiger partial charge in [-0.2, -0.15) is 0 Å². The van der Waals surface area contributed by atoms with Crippen molar-refractivity contribution in [2.75, 3.05) is 32.7 Å². The van der Waals surface area contributed by atoms with E-state index >= 15 is 0 Å². The van der Waals surface area contributed by atoms with Crippen LogP contribution in [0.1, 0.15) is 4.88 Å². The van der Waals surface area contributed by atoms with E-state index in [-0.39, 0.29) is 37.3 Å². The van der Waals surface area contributed by atoms with Crippen molar-refractivity contribution in [2.24, 2.45) is 0 Å². The molecule has 3 N–H and O–H groups in total. The van der Waals surface area contributed by atoms with Crippen LogP contribution in [0.3, 0.4) is 0 Å². The van der Waals surface area contributed by atoms with Crippen LogP contribution in [-0.4, -0.2) is 49.6 Å². The van der Waals surface area contributed by atoms with Crippen molar-refractivity contribution >= 4 is 48.1 Å². The maximum absolute atomic E-state index is 11.7. The van der Waals surface area contributed by atoms with Crippen LogP contribution in [0.5, 0.6) is 0 Å². The minimum absolute atomic E-state index is 0. The molecule has 0 aliphatic carbocycles. The van der Waals surface area contributed by atoms with Crippen molar-refractivity contribution in [1.29, 1.82) is 0 Å². The lowest BCUT2D eigenvalue weighted by Crippen LogP contribution is -2.49. The third kappa shape index (κ3) is 7.63. The Balaban J connectivity index is 0.00000200. The fourth-order valence-electron chi connectivity index (χ4n) is 1.86. The van der Waals surface area contributed by atoms with Gasteiger partial charge in [-0.15, -0.1) is 36.2 Å². The summed E-state index contributed by atoms with van der Waals surface area (Å²) in [6.45, 7) is 4.17. The lowest BCUT2D eigenvalue weighted by Gasteiger charge is -2.26. The van der Waals surface area contributed by atoms with Gasteiger partial charge >= 0.3 is 6.03 Å². The Hall–Kier alpha value is -0.860. The van der Waals surface area contributed by atoms with Gasteiger partial charge in [-0.1, -0.05) is 6.07 Å². The van der Waals surface area contributed by atoms with E-state index in [1.54, 1.807) is 11.3 Å². The number of hydrogen-bond donors (Lipinski definition) is 3. The van der Waals surface area contributed by atoms with Gasteiger partial charge in [0.15, 0.2) is 0 Å². The standard InChI is InChI=1S/C12H18N4O2S.2ClH/c17-11(9-16-5-3-13-4-6-16)15-12(18)14-8-10-2-1-7-19-10;;/h1-2,7,13H,3-6,8-9H2,(H2,14,15,17,18);2*1H. The summed E-state index contributed by atoms with van der Waals surface area (Å²) in [6, 6.07) is 3.43. The first-order chi connectivity index (χ1) is 9.24. The van der Waals surface area contributed by atoms with Crippen LogP contribution >= 0.6 is 36.2 Å². The molecule has 0 saturated carbocycles. The van der Waals surface area contributed by atoms with Gasteiger partial charge in [0.25, 0.3) is 0 Å². The molecule has 120 valence electrons. The predicted molar refractivity (Wildman–Crippen MR) is 88.5 cm³/mol. The second-order valence-electron chi connectivity index (χ2n) is 4.34. The smallest absolute Gasteiger partial charge is 0.321 e. The minimum atomic E-state index is -0.437. The fourth-order valence-corrected chi connectivity index (χ4v) is 2.51. The summed E-state index contributed by atoms with van der Waals surface area (Å²) in [5.74, 6) is -0.259. The molecule has 0 atom stereocenters. The quantitative estimate of drug-likeness (QED) is 0.748. The second kappa shape index (κ2) is 10.8. The van der Waals surface area contributed by atoms with E-state index < -0.39 is 6.03 Å². The molecule has 0 bridgehead atoms. The Morgan fingerprint density at radius 2 is 2.00 bits per heavy atom. The van der Waals surface area contributed by atoms with Gasteiger partial charge in [-0.25, -0.2) is 4.79 Å². The molecule has 1 aliphatic heterocycles.